The Morgan fingerprint density at radius 3 is 3.00 bits per heavy atom. The molecule has 4 nitrogen and oxygen atoms in total. The third-order valence-corrected chi connectivity index (χ3v) is 3.47. The van der Waals surface area contributed by atoms with Gasteiger partial charge in [0, 0.05) is 21.6 Å². The first-order valence-electron chi connectivity index (χ1n) is 5.46. The van der Waals surface area contributed by atoms with Crippen LogP contribution in [0, 0.1) is 0 Å². The largest absolute Gasteiger partial charge is 0.294 e. The Morgan fingerprint density at radius 2 is 2.28 bits per heavy atom. The van der Waals surface area contributed by atoms with Crippen LogP contribution in [0.5, 0.6) is 0 Å². The maximum atomic E-state index is 12.2. The van der Waals surface area contributed by atoms with E-state index in [9.17, 15) is 4.79 Å². The number of aryl methyl sites for hydroxylation is 1. The van der Waals surface area contributed by atoms with Gasteiger partial charge in [-0.05, 0) is 25.1 Å². The summed E-state index contributed by atoms with van der Waals surface area (Å²) in [7, 11) is 0. The molecule has 0 aliphatic rings. The van der Waals surface area contributed by atoms with Crippen molar-refractivity contribution in [1.82, 2.24) is 14.8 Å². The zero-order chi connectivity index (χ0) is 13.1. The van der Waals surface area contributed by atoms with Crippen LogP contribution in [0.25, 0.3) is 0 Å². The topological polar surface area (TPSA) is 47.8 Å². The highest BCUT2D eigenvalue weighted by molar-refractivity contribution is 9.10. The summed E-state index contributed by atoms with van der Waals surface area (Å²) >= 11 is 9.24. The Kier molecular flexibility index (Phi) is 4.14. The molecule has 1 aromatic carbocycles. The SMILES string of the molecule is CCn1ncnc1CC(=O)c1cc(Cl)ccc1Br. The molecule has 0 N–H and O–H groups in total. The lowest BCUT2D eigenvalue weighted by Crippen LogP contribution is -2.11. The van der Waals surface area contributed by atoms with Crippen LogP contribution < -0.4 is 0 Å². The van der Waals surface area contributed by atoms with Gasteiger partial charge in [-0.25, -0.2) is 9.67 Å². The molecule has 1 heterocycles. The standard InChI is InChI=1S/C12H11BrClN3O/c1-2-17-12(15-7-16-17)6-11(18)9-5-8(14)3-4-10(9)13/h3-5,7H,2,6H2,1H3. The molecular weight excluding hydrogens is 318 g/mol. The molecule has 0 unspecified atom stereocenters. The summed E-state index contributed by atoms with van der Waals surface area (Å²) in [6.07, 6.45) is 1.67. The fraction of sp³-hybridized carbons (Fsp3) is 0.250. The Bertz CT molecular complexity index is 582. The molecule has 2 aromatic rings. The maximum absolute atomic E-state index is 12.2. The molecule has 0 aliphatic carbocycles. The smallest absolute Gasteiger partial charge is 0.171 e. The van der Waals surface area contributed by atoms with Crippen LogP contribution in [-0.2, 0) is 13.0 Å². The zero-order valence-electron chi connectivity index (χ0n) is 9.73. The van der Waals surface area contributed by atoms with Crippen molar-refractivity contribution in [2.45, 2.75) is 19.9 Å². The van der Waals surface area contributed by atoms with E-state index in [1.807, 2.05) is 6.92 Å². The third kappa shape index (κ3) is 2.79. The molecule has 0 fully saturated rings. The van der Waals surface area contributed by atoms with Gasteiger partial charge in [0.2, 0.25) is 0 Å². The van der Waals surface area contributed by atoms with Gasteiger partial charge < -0.3 is 0 Å². The average Bonchev–Trinajstić information content (AvgIpc) is 2.79. The number of carbonyl (C=O) groups is 1. The summed E-state index contributed by atoms with van der Waals surface area (Å²) in [5.41, 5.74) is 0.563. The number of rotatable bonds is 4. The van der Waals surface area contributed by atoms with E-state index < -0.39 is 0 Å². The highest BCUT2D eigenvalue weighted by Crippen LogP contribution is 2.22. The van der Waals surface area contributed by atoms with E-state index in [4.69, 9.17) is 11.6 Å². The highest BCUT2D eigenvalue weighted by Gasteiger charge is 2.14. The molecule has 0 aliphatic heterocycles. The first-order chi connectivity index (χ1) is 8.61. The molecular formula is C12H11BrClN3O. The Hall–Kier alpha value is -1.20. The number of aromatic nitrogens is 3. The van der Waals surface area contributed by atoms with Crippen molar-refractivity contribution >= 4 is 33.3 Å². The summed E-state index contributed by atoms with van der Waals surface area (Å²) in [6.45, 7) is 2.65. The van der Waals surface area contributed by atoms with Gasteiger partial charge in [0.15, 0.2) is 5.78 Å². The summed E-state index contributed by atoms with van der Waals surface area (Å²) < 4.78 is 2.44. The Labute approximate surface area is 118 Å². The van der Waals surface area contributed by atoms with E-state index in [0.29, 0.717) is 23.0 Å². The van der Waals surface area contributed by atoms with Crippen molar-refractivity contribution in [3.8, 4) is 0 Å². The van der Waals surface area contributed by atoms with E-state index in [-0.39, 0.29) is 12.2 Å². The van der Waals surface area contributed by atoms with Gasteiger partial charge in [0.05, 0.1) is 6.42 Å². The molecule has 0 spiro atoms. The molecule has 2 rings (SSSR count). The molecule has 0 amide bonds. The van der Waals surface area contributed by atoms with Crippen molar-refractivity contribution in [2.75, 3.05) is 0 Å². The molecule has 0 radical (unpaired) electrons. The number of halogens is 2. The normalized spacial score (nSPS) is 10.6. The van der Waals surface area contributed by atoms with E-state index in [2.05, 4.69) is 26.0 Å². The molecule has 0 saturated carbocycles. The summed E-state index contributed by atoms with van der Waals surface area (Å²) in [5.74, 6) is 0.626. The summed E-state index contributed by atoms with van der Waals surface area (Å²) in [6, 6.07) is 5.15. The first-order valence-corrected chi connectivity index (χ1v) is 6.64. The van der Waals surface area contributed by atoms with E-state index in [1.54, 1.807) is 22.9 Å². The van der Waals surface area contributed by atoms with Gasteiger partial charge in [-0.1, -0.05) is 27.5 Å². The van der Waals surface area contributed by atoms with Crippen molar-refractivity contribution in [1.29, 1.82) is 0 Å². The lowest BCUT2D eigenvalue weighted by Gasteiger charge is -2.05. The van der Waals surface area contributed by atoms with Gasteiger partial charge in [-0.2, -0.15) is 5.10 Å². The second kappa shape index (κ2) is 5.63. The second-order valence-electron chi connectivity index (χ2n) is 3.72. The third-order valence-electron chi connectivity index (χ3n) is 2.54. The monoisotopic (exact) mass is 327 g/mol. The van der Waals surface area contributed by atoms with Gasteiger partial charge in [-0.15, -0.1) is 0 Å². The average molecular weight is 329 g/mol. The second-order valence-corrected chi connectivity index (χ2v) is 5.01. The van der Waals surface area contributed by atoms with Gasteiger partial charge >= 0.3 is 0 Å². The Morgan fingerprint density at radius 1 is 1.50 bits per heavy atom. The van der Waals surface area contributed by atoms with E-state index in [1.165, 1.54) is 6.33 Å². The van der Waals surface area contributed by atoms with Crippen LogP contribution in [0.3, 0.4) is 0 Å². The number of nitrogens with zero attached hydrogens (tertiary/aromatic N) is 3. The number of ketones is 1. The van der Waals surface area contributed by atoms with E-state index >= 15 is 0 Å². The number of hydrogen-bond acceptors (Lipinski definition) is 3. The molecule has 1 aromatic heterocycles. The van der Waals surface area contributed by atoms with Gasteiger partial charge in [0.25, 0.3) is 0 Å². The lowest BCUT2D eigenvalue weighted by atomic mass is 10.1. The van der Waals surface area contributed by atoms with E-state index in [0.717, 1.165) is 4.47 Å². The molecule has 0 bridgehead atoms. The number of Topliss-reactive ketones (excluding diaryl/α,β-unsaturated/α-hetero) is 1. The van der Waals surface area contributed by atoms with Crippen LogP contribution in [0.1, 0.15) is 23.1 Å². The molecule has 0 saturated heterocycles. The summed E-state index contributed by atoms with van der Waals surface area (Å²) in [5, 5.41) is 4.58. The minimum absolute atomic E-state index is 0.0351. The number of hydrogen-bond donors (Lipinski definition) is 0. The zero-order valence-corrected chi connectivity index (χ0v) is 12.1. The highest BCUT2D eigenvalue weighted by atomic mass is 79.9. The Balaban J connectivity index is 2.25. The van der Waals surface area contributed by atoms with Crippen molar-refractivity contribution in [2.24, 2.45) is 0 Å². The van der Waals surface area contributed by atoms with Crippen molar-refractivity contribution in [3.05, 3.63) is 45.4 Å². The molecule has 94 valence electrons. The first kappa shape index (κ1) is 13.2. The minimum Gasteiger partial charge on any atom is -0.294 e. The van der Waals surface area contributed by atoms with Crippen LogP contribution in [0.15, 0.2) is 29.0 Å². The van der Waals surface area contributed by atoms with Crippen LogP contribution in [-0.4, -0.2) is 20.5 Å². The predicted octanol–water partition coefficient (Wildman–Crippen LogP) is 3.14. The predicted molar refractivity (Wildman–Crippen MR) is 72.9 cm³/mol. The fourth-order valence-electron chi connectivity index (χ4n) is 1.64. The summed E-state index contributed by atoms with van der Waals surface area (Å²) in [4.78, 5) is 16.3. The number of benzene rings is 1. The van der Waals surface area contributed by atoms with Crippen molar-refractivity contribution in [3.63, 3.8) is 0 Å². The number of carbonyl (C=O) groups excluding carboxylic acids is 1. The van der Waals surface area contributed by atoms with Gasteiger partial charge in [-0.3, -0.25) is 4.79 Å². The minimum atomic E-state index is -0.0351. The molecule has 18 heavy (non-hydrogen) atoms. The van der Waals surface area contributed by atoms with Crippen LogP contribution >= 0.6 is 27.5 Å². The van der Waals surface area contributed by atoms with Crippen LogP contribution in [0.4, 0.5) is 0 Å². The van der Waals surface area contributed by atoms with Crippen molar-refractivity contribution < 1.29 is 4.79 Å². The van der Waals surface area contributed by atoms with Crippen LogP contribution in [0.2, 0.25) is 5.02 Å². The molecule has 6 heteroatoms. The lowest BCUT2D eigenvalue weighted by molar-refractivity contribution is 0.0988. The maximum Gasteiger partial charge on any atom is 0.171 e. The molecule has 0 atom stereocenters. The van der Waals surface area contributed by atoms with Gasteiger partial charge in [0.1, 0.15) is 12.2 Å². The quantitative estimate of drug-likeness (QED) is 0.810. The fourth-order valence-corrected chi connectivity index (χ4v) is 2.28.